The molecule has 1 aliphatic rings. The first-order valence-electron chi connectivity index (χ1n) is 3.12. The van der Waals surface area contributed by atoms with Crippen molar-refractivity contribution in [2.75, 3.05) is 19.8 Å². The number of hydrogen-bond donors (Lipinski definition) is 1. The minimum absolute atomic E-state index is 0.314. The fourth-order valence-electron chi connectivity index (χ4n) is 0.827. The van der Waals surface area contributed by atoms with E-state index in [1.807, 2.05) is 6.92 Å². The predicted octanol–water partition coefficient (Wildman–Crippen LogP) is 0.365. The zero-order valence-electron chi connectivity index (χ0n) is 5.52. The molecule has 0 aromatic heterocycles. The Labute approximate surface area is 60.6 Å². The SMILES string of the molecule is CC(=S)C1COCCN1. The van der Waals surface area contributed by atoms with Crippen molar-refractivity contribution in [3.63, 3.8) is 0 Å². The smallest absolute Gasteiger partial charge is 0.0667 e. The molecule has 0 radical (unpaired) electrons. The Hall–Kier alpha value is 0.0100. The highest BCUT2D eigenvalue weighted by Gasteiger charge is 2.13. The lowest BCUT2D eigenvalue weighted by Crippen LogP contribution is -2.44. The first-order chi connectivity index (χ1) is 4.30. The van der Waals surface area contributed by atoms with Crippen molar-refractivity contribution in [1.29, 1.82) is 0 Å². The summed E-state index contributed by atoms with van der Waals surface area (Å²) in [7, 11) is 0. The lowest BCUT2D eigenvalue weighted by Gasteiger charge is -2.22. The average molecular weight is 145 g/mol. The van der Waals surface area contributed by atoms with Crippen molar-refractivity contribution in [3.8, 4) is 0 Å². The fourth-order valence-corrected chi connectivity index (χ4v) is 0.978. The van der Waals surface area contributed by atoms with Crippen molar-refractivity contribution < 1.29 is 4.74 Å². The first kappa shape index (κ1) is 7.12. The van der Waals surface area contributed by atoms with Crippen molar-refractivity contribution >= 4 is 17.1 Å². The lowest BCUT2D eigenvalue weighted by atomic mass is 10.2. The van der Waals surface area contributed by atoms with Gasteiger partial charge in [-0.15, -0.1) is 0 Å². The van der Waals surface area contributed by atoms with Gasteiger partial charge in [0.05, 0.1) is 19.3 Å². The van der Waals surface area contributed by atoms with Crippen LogP contribution in [-0.2, 0) is 4.74 Å². The Balaban J connectivity index is 2.31. The van der Waals surface area contributed by atoms with Gasteiger partial charge < -0.3 is 10.1 Å². The van der Waals surface area contributed by atoms with E-state index in [0.29, 0.717) is 6.04 Å². The van der Waals surface area contributed by atoms with Crippen LogP contribution in [0.1, 0.15) is 6.92 Å². The number of hydrogen-bond acceptors (Lipinski definition) is 3. The Morgan fingerprint density at radius 2 is 2.56 bits per heavy atom. The molecule has 0 amide bonds. The number of ether oxygens (including phenoxy) is 1. The second-order valence-corrected chi connectivity index (χ2v) is 2.84. The van der Waals surface area contributed by atoms with E-state index in [2.05, 4.69) is 5.32 Å². The van der Waals surface area contributed by atoms with Gasteiger partial charge in [0.2, 0.25) is 0 Å². The summed E-state index contributed by atoms with van der Waals surface area (Å²) in [5.41, 5.74) is 0. The lowest BCUT2D eigenvalue weighted by molar-refractivity contribution is 0.0954. The Morgan fingerprint density at radius 1 is 1.78 bits per heavy atom. The molecule has 0 saturated carbocycles. The van der Waals surface area contributed by atoms with Crippen LogP contribution in [0, 0.1) is 0 Å². The quantitative estimate of drug-likeness (QED) is 0.538. The van der Waals surface area contributed by atoms with Gasteiger partial charge in [0.1, 0.15) is 0 Å². The van der Waals surface area contributed by atoms with Gasteiger partial charge in [-0.25, -0.2) is 0 Å². The van der Waals surface area contributed by atoms with Crippen molar-refractivity contribution in [3.05, 3.63) is 0 Å². The molecule has 1 heterocycles. The third-order valence-electron chi connectivity index (χ3n) is 1.41. The van der Waals surface area contributed by atoms with E-state index < -0.39 is 0 Å². The van der Waals surface area contributed by atoms with Gasteiger partial charge in [-0.2, -0.15) is 0 Å². The summed E-state index contributed by atoms with van der Waals surface area (Å²) in [6, 6.07) is 0.314. The monoisotopic (exact) mass is 145 g/mol. The van der Waals surface area contributed by atoms with Gasteiger partial charge in [-0.3, -0.25) is 0 Å². The van der Waals surface area contributed by atoms with Crippen LogP contribution >= 0.6 is 12.2 Å². The maximum Gasteiger partial charge on any atom is 0.0667 e. The highest BCUT2D eigenvalue weighted by molar-refractivity contribution is 7.80. The summed E-state index contributed by atoms with van der Waals surface area (Å²) in [5.74, 6) is 0. The van der Waals surface area contributed by atoms with Gasteiger partial charge in [0.15, 0.2) is 0 Å². The molecular formula is C6H11NOS. The van der Waals surface area contributed by atoms with Gasteiger partial charge in [-0.05, 0) is 6.92 Å². The van der Waals surface area contributed by atoms with Crippen LogP contribution in [0.25, 0.3) is 0 Å². The molecule has 2 nitrogen and oxygen atoms in total. The van der Waals surface area contributed by atoms with Crippen LogP contribution in [-0.4, -0.2) is 30.7 Å². The zero-order chi connectivity index (χ0) is 6.69. The average Bonchev–Trinajstić information content (AvgIpc) is 1.90. The number of morpholine rings is 1. The van der Waals surface area contributed by atoms with Gasteiger partial charge in [0, 0.05) is 11.4 Å². The van der Waals surface area contributed by atoms with Crippen LogP contribution in [0.5, 0.6) is 0 Å². The molecule has 1 atom stereocenters. The second kappa shape index (κ2) is 3.25. The largest absolute Gasteiger partial charge is 0.378 e. The van der Waals surface area contributed by atoms with Crippen molar-refractivity contribution in [2.45, 2.75) is 13.0 Å². The first-order valence-corrected chi connectivity index (χ1v) is 3.53. The van der Waals surface area contributed by atoms with Gasteiger partial charge >= 0.3 is 0 Å². The van der Waals surface area contributed by atoms with E-state index in [1.165, 1.54) is 0 Å². The topological polar surface area (TPSA) is 21.3 Å². The van der Waals surface area contributed by atoms with Crippen LogP contribution in [0.15, 0.2) is 0 Å². The molecule has 1 aliphatic heterocycles. The van der Waals surface area contributed by atoms with Crippen LogP contribution < -0.4 is 5.32 Å². The molecule has 3 heteroatoms. The molecule has 0 bridgehead atoms. The molecular weight excluding hydrogens is 134 g/mol. The van der Waals surface area contributed by atoms with Crippen LogP contribution in [0.3, 0.4) is 0 Å². The minimum Gasteiger partial charge on any atom is -0.378 e. The highest BCUT2D eigenvalue weighted by Crippen LogP contribution is 1.94. The van der Waals surface area contributed by atoms with E-state index in [0.717, 1.165) is 24.6 Å². The van der Waals surface area contributed by atoms with E-state index in [1.54, 1.807) is 0 Å². The maximum absolute atomic E-state index is 5.19. The highest BCUT2D eigenvalue weighted by atomic mass is 32.1. The molecule has 1 N–H and O–H groups in total. The predicted molar refractivity (Wildman–Crippen MR) is 40.9 cm³/mol. The third-order valence-corrected chi connectivity index (χ3v) is 1.70. The fraction of sp³-hybridized carbons (Fsp3) is 0.833. The summed E-state index contributed by atoms with van der Waals surface area (Å²) < 4.78 is 5.19. The Morgan fingerprint density at radius 3 is 2.89 bits per heavy atom. The summed E-state index contributed by atoms with van der Waals surface area (Å²) in [5, 5.41) is 3.25. The van der Waals surface area contributed by atoms with Gasteiger partial charge in [-0.1, -0.05) is 12.2 Å². The standard InChI is InChI=1S/C6H11NOS/c1-5(9)6-4-8-3-2-7-6/h6-7H,2-4H2,1H3. The Bertz CT molecular complexity index is 110. The molecule has 1 rings (SSSR count). The zero-order valence-corrected chi connectivity index (χ0v) is 6.33. The molecule has 9 heavy (non-hydrogen) atoms. The number of thiocarbonyl (C=S) groups is 1. The van der Waals surface area contributed by atoms with E-state index in [-0.39, 0.29) is 0 Å². The molecule has 1 unspecified atom stereocenters. The van der Waals surface area contributed by atoms with Crippen molar-refractivity contribution in [2.24, 2.45) is 0 Å². The van der Waals surface area contributed by atoms with Crippen LogP contribution in [0.4, 0.5) is 0 Å². The normalized spacial score (nSPS) is 27.9. The molecule has 52 valence electrons. The Kier molecular flexibility index (Phi) is 2.57. The molecule has 0 aliphatic carbocycles. The second-order valence-electron chi connectivity index (χ2n) is 2.19. The maximum atomic E-state index is 5.19. The third kappa shape index (κ3) is 2.01. The summed E-state index contributed by atoms with van der Waals surface area (Å²) >= 11 is 4.97. The minimum atomic E-state index is 0.314. The summed E-state index contributed by atoms with van der Waals surface area (Å²) in [4.78, 5) is 0.995. The molecule has 1 fully saturated rings. The van der Waals surface area contributed by atoms with Gasteiger partial charge in [0.25, 0.3) is 0 Å². The summed E-state index contributed by atoms with van der Waals surface area (Å²) in [6.07, 6.45) is 0. The molecule has 0 spiro atoms. The number of rotatable bonds is 1. The molecule has 1 saturated heterocycles. The summed E-state index contributed by atoms with van der Waals surface area (Å²) in [6.45, 7) is 4.44. The van der Waals surface area contributed by atoms with Crippen molar-refractivity contribution in [1.82, 2.24) is 5.32 Å². The van der Waals surface area contributed by atoms with E-state index >= 15 is 0 Å². The molecule has 0 aromatic rings. The number of nitrogens with one attached hydrogen (secondary N) is 1. The van der Waals surface area contributed by atoms with Crippen LogP contribution in [0.2, 0.25) is 0 Å². The molecule has 0 aromatic carbocycles. The van der Waals surface area contributed by atoms with E-state index in [4.69, 9.17) is 17.0 Å². The van der Waals surface area contributed by atoms with E-state index in [9.17, 15) is 0 Å².